The van der Waals surface area contributed by atoms with E-state index >= 15 is 0 Å². The molecule has 68 valence electrons. The summed E-state index contributed by atoms with van der Waals surface area (Å²) in [4.78, 5) is 0. The standard InChI is InChI=1S/C9H10O2PS/c13-12-10-7-6-9(11-12)8-4-2-1-3-5-8/h1-5,9H,6-7H2/q+1. The summed E-state index contributed by atoms with van der Waals surface area (Å²) in [7, 11) is -1.07. The maximum Gasteiger partial charge on any atom is 0.522 e. The Hall–Kier alpha value is -0.340. The zero-order valence-electron chi connectivity index (χ0n) is 7.05. The molecule has 0 aliphatic carbocycles. The predicted molar refractivity (Wildman–Crippen MR) is 55.1 cm³/mol. The highest BCUT2D eigenvalue weighted by Gasteiger charge is 2.29. The van der Waals surface area contributed by atoms with Gasteiger partial charge in [0, 0.05) is 6.42 Å². The van der Waals surface area contributed by atoms with Gasteiger partial charge >= 0.3 is 7.15 Å². The molecule has 0 saturated carbocycles. The van der Waals surface area contributed by atoms with Crippen molar-refractivity contribution in [1.82, 2.24) is 0 Å². The minimum Gasteiger partial charge on any atom is -0.142 e. The first-order chi connectivity index (χ1) is 6.36. The van der Waals surface area contributed by atoms with Crippen LogP contribution in [-0.4, -0.2) is 6.61 Å². The van der Waals surface area contributed by atoms with Crippen LogP contribution in [0.15, 0.2) is 30.3 Å². The third kappa shape index (κ3) is 2.32. The number of benzene rings is 1. The van der Waals surface area contributed by atoms with E-state index < -0.39 is 7.15 Å². The van der Waals surface area contributed by atoms with Crippen molar-refractivity contribution in [3.05, 3.63) is 35.9 Å². The van der Waals surface area contributed by atoms with Crippen LogP contribution in [0, 0.1) is 0 Å². The van der Waals surface area contributed by atoms with Gasteiger partial charge in [-0.2, -0.15) is 0 Å². The lowest BCUT2D eigenvalue weighted by Gasteiger charge is -2.14. The van der Waals surface area contributed by atoms with Crippen LogP contribution in [0.25, 0.3) is 0 Å². The predicted octanol–water partition coefficient (Wildman–Crippen LogP) is 2.94. The zero-order chi connectivity index (χ0) is 9.10. The molecule has 1 fully saturated rings. The topological polar surface area (TPSA) is 18.5 Å². The lowest BCUT2D eigenvalue weighted by molar-refractivity contribution is 0.119. The molecule has 1 aromatic rings. The fraction of sp³-hybridized carbons (Fsp3) is 0.333. The van der Waals surface area contributed by atoms with E-state index in [1.54, 1.807) is 0 Å². The molecular weight excluding hydrogens is 203 g/mol. The van der Waals surface area contributed by atoms with E-state index in [1.165, 1.54) is 5.56 Å². The SMILES string of the molecule is S=[P+]1OCCC(c2ccccc2)O1. The molecule has 4 heteroatoms. The van der Waals surface area contributed by atoms with Gasteiger partial charge < -0.3 is 0 Å². The second-order valence-corrected chi connectivity index (χ2v) is 4.66. The Kier molecular flexibility index (Phi) is 3.01. The van der Waals surface area contributed by atoms with E-state index in [1.807, 2.05) is 18.2 Å². The van der Waals surface area contributed by atoms with Crippen molar-refractivity contribution < 1.29 is 9.05 Å². The molecule has 1 aromatic carbocycles. The highest BCUT2D eigenvalue weighted by atomic mass is 32.4. The minimum absolute atomic E-state index is 0.138. The van der Waals surface area contributed by atoms with Crippen molar-refractivity contribution in [3.63, 3.8) is 0 Å². The van der Waals surface area contributed by atoms with Gasteiger partial charge in [0.1, 0.15) is 12.7 Å². The molecule has 0 radical (unpaired) electrons. The number of rotatable bonds is 1. The van der Waals surface area contributed by atoms with Crippen molar-refractivity contribution >= 4 is 19.0 Å². The monoisotopic (exact) mass is 213 g/mol. The van der Waals surface area contributed by atoms with E-state index in [-0.39, 0.29) is 6.10 Å². The highest BCUT2D eigenvalue weighted by molar-refractivity contribution is 8.00. The molecule has 1 aliphatic rings. The summed E-state index contributed by atoms with van der Waals surface area (Å²) < 4.78 is 10.7. The highest BCUT2D eigenvalue weighted by Crippen LogP contribution is 2.39. The lowest BCUT2D eigenvalue weighted by atomic mass is 10.1. The van der Waals surface area contributed by atoms with E-state index in [2.05, 4.69) is 12.1 Å². The fourth-order valence-electron chi connectivity index (χ4n) is 1.32. The first-order valence-corrected chi connectivity index (χ1v) is 6.37. The maximum absolute atomic E-state index is 5.53. The number of hydrogen-bond acceptors (Lipinski definition) is 3. The largest absolute Gasteiger partial charge is 0.522 e. The van der Waals surface area contributed by atoms with Crippen molar-refractivity contribution in [2.75, 3.05) is 6.61 Å². The summed E-state index contributed by atoms with van der Waals surface area (Å²) in [6.45, 7) is 0.717. The molecule has 0 spiro atoms. The van der Waals surface area contributed by atoms with Gasteiger partial charge in [-0.25, -0.2) is 0 Å². The average Bonchev–Trinajstić information content (AvgIpc) is 2.19. The van der Waals surface area contributed by atoms with E-state index in [0.29, 0.717) is 0 Å². The summed E-state index contributed by atoms with van der Waals surface area (Å²) in [6, 6.07) is 10.2. The van der Waals surface area contributed by atoms with Crippen molar-refractivity contribution in [3.8, 4) is 0 Å². The van der Waals surface area contributed by atoms with Gasteiger partial charge in [0.25, 0.3) is 0 Å². The van der Waals surface area contributed by atoms with Crippen molar-refractivity contribution in [2.45, 2.75) is 12.5 Å². The van der Waals surface area contributed by atoms with Crippen LogP contribution < -0.4 is 0 Å². The maximum atomic E-state index is 5.53. The molecule has 0 amide bonds. The Labute approximate surface area is 83.5 Å². The summed E-state index contributed by atoms with van der Waals surface area (Å²) in [5, 5.41) is 0. The van der Waals surface area contributed by atoms with Crippen molar-refractivity contribution in [2.24, 2.45) is 0 Å². The Balaban J connectivity index is 2.13. The van der Waals surface area contributed by atoms with Gasteiger partial charge in [-0.05, 0) is 5.56 Å². The van der Waals surface area contributed by atoms with E-state index in [4.69, 9.17) is 20.9 Å². The van der Waals surface area contributed by atoms with Gasteiger partial charge in [0.2, 0.25) is 11.8 Å². The first kappa shape index (κ1) is 9.22. The molecule has 2 atom stereocenters. The normalized spacial score (nSPS) is 25.8. The smallest absolute Gasteiger partial charge is 0.142 e. The molecule has 13 heavy (non-hydrogen) atoms. The molecular formula is C9H10O2PS+. The average molecular weight is 213 g/mol. The van der Waals surface area contributed by atoms with Crippen LogP contribution in [-0.2, 0) is 20.9 Å². The second-order valence-electron chi connectivity index (χ2n) is 2.85. The van der Waals surface area contributed by atoms with Gasteiger partial charge in [-0.3, -0.25) is 0 Å². The van der Waals surface area contributed by atoms with Crippen LogP contribution in [0.2, 0.25) is 0 Å². The van der Waals surface area contributed by atoms with Crippen LogP contribution in [0.4, 0.5) is 0 Å². The minimum atomic E-state index is -1.07. The molecule has 1 aliphatic heterocycles. The quantitative estimate of drug-likeness (QED) is 0.668. The van der Waals surface area contributed by atoms with Crippen LogP contribution in [0.1, 0.15) is 18.1 Å². The summed E-state index contributed by atoms with van der Waals surface area (Å²) in [6.07, 6.45) is 1.04. The summed E-state index contributed by atoms with van der Waals surface area (Å²) in [5.74, 6) is 0. The zero-order valence-corrected chi connectivity index (χ0v) is 8.76. The second kappa shape index (κ2) is 4.25. The third-order valence-corrected chi connectivity index (χ3v) is 3.36. The molecule has 1 heterocycles. The summed E-state index contributed by atoms with van der Waals surface area (Å²) >= 11 is 4.99. The molecule has 2 unspecified atom stereocenters. The third-order valence-electron chi connectivity index (χ3n) is 1.96. The number of hydrogen-bond donors (Lipinski definition) is 0. The molecule has 0 bridgehead atoms. The lowest BCUT2D eigenvalue weighted by Crippen LogP contribution is -2.08. The Bertz CT molecular complexity index is 302. The molecule has 0 aromatic heterocycles. The summed E-state index contributed by atoms with van der Waals surface area (Å²) in [5.41, 5.74) is 1.20. The van der Waals surface area contributed by atoms with Crippen LogP contribution in [0.5, 0.6) is 0 Å². The molecule has 1 saturated heterocycles. The Morgan fingerprint density at radius 1 is 1.31 bits per heavy atom. The van der Waals surface area contributed by atoms with Crippen molar-refractivity contribution in [1.29, 1.82) is 0 Å². The van der Waals surface area contributed by atoms with Crippen LogP contribution >= 0.6 is 7.15 Å². The van der Waals surface area contributed by atoms with Gasteiger partial charge in [0.05, 0.1) is 0 Å². The molecule has 0 N–H and O–H groups in total. The molecule has 2 nitrogen and oxygen atoms in total. The van der Waals surface area contributed by atoms with E-state index in [9.17, 15) is 0 Å². The van der Waals surface area contributed by atoms with Gasteiger partial charge in [0.15, 0.2) is 0 Å². The Morgan fingerprint density at radius 3 is 2.77 bits per heavy atom. The first-order valence-electron chi connectivity index (χ1n) is 4.18. The molecule has 2 rings (SSSR count). The van der Waals surface area contributed by atoms with E-state index in [0.717, 1.165) is 13.0 Å². The Morgan fingerprint density at radius 2 is 2.08 bits per heavy atom. The van der Waals surface area contributed by atoms with Crippen LogP contribution in [0.3, 0.4) is 0 Å². The van der Waals surface area contributed by atoms with Gasteiger partial charge in [-0.1, -0.05) is 30.3 Å². The van der Waals surface area contributed by atoms with Gasteiger partial charge in [-0.15, -0.1) is 9.05 Å². The fourth-order valence-corrected chi connectivity index (χ4v) is 2.60.